The first-order valence-electron chi connectivity index (χ1n) is 6.82. The predicted molar refractivity (Wildman–Crippen MR) is 81.2 cm³/mol. The number of halogens is 1. The molecule has 0 fully saturated rings. The van der Waals surface area contributed by atoms with Crippen LogP contribution in [0, 0.1) is 17.1 Å². The van der Waals surface area contributed by atoms with Gasteiger partial charge in [-0.05, 0) is 30.2 Å². The molecular weight excluding hydrogens is 263 g/mol. The molecule has 0 atom stereocenters. The number of aromatic nitrogens is 1. The molecule has 3 heteroatoms. The average molecular weight is 276 g/mol. The Labute approximate surface area is 122 Å². The summed E-state index contributed by atoms with van der Waals surface area (Å²) in [4.78, 5) is 4.60. The summed E-state index contributed by atoms with van der Waals surface area (Å²) in [7, 11) is 0. The van der Waals surface area contributed by atoms with Crippen molar-refractivity contribution in [2.45, 2.75) is 13.3 Å². The van der Waals surface area contributed by atoms with Gasteiger partial charge in [0.25, 0.3) is 0 Å². The quantitative estimate of drug-likeness (QED) is 0.692. The molecule has 21 heavy (non-hydrogen) atoms. The standard InChI is InChI=1S/C18H13FN2/c1-2-16-18(12-6-4-3-5-7-12)15(11-20)14-10-13(19)8-9-17(14)21-16/h3-10H,2H2,1H3. The fraction of sp³-hybridized carbons (Fsp3) is 0.111. The normalized spacial score (nSPS) is 10.5. The highest BCUT2D eigenvalue weighted by Crippen LogP contribution is 2.32. The third-order valence-electron chi connectivity index (χ3n) is 3.53. The zero-order valence-electron chi connectivity index (χ0n) is 11.6. The minimum absolute atomic E-state index is 0.357. The van der Waals surface area contributed by atoms with Gasteiger partial charge in [0, 0.05) is 16.6 Å². The van der Waals surface area contributed by atoms with Gasteiger partial charge in [-0.15, -0.1) is 0 Å². The molecular formula is C18H13FN2. The van der Waals surface area contributed by atoms with Gasteiger partial charge < -0.3 is 0 Å². The second-order valence-electron chi connectivity index (χ2n) is 4.80. The third kappa shape index (κ3) is 2.25. The summed E-state index contributed by atoms with van der Waals surface area (Å²) in [6.45, 7) is 2.01. The lowest BCUT2D eigenvalue weighted by Gasteiger charge is -2.12. The van der Waals surface area contributed by atoms with Crippen molar-refractivity contribution in [3.8, 4) is 17.2 Å². The van der Waals surface area contributed by atoms with Crippen LogP contribution in [0.15, 0.2) is 48.5 Å². The zero-order valence-corrected chi connectivity index (χ0v) is 11.6. The maximum Gasteiger partial charge on any atom is 0.124 e. The molecule has 3 rings (SSSR count). The number of rotatable bonds is 2. The molecule has 0 N–H and O–H groups in total. The summed E-state index contributed by atoms with van der Waals surface area (Å²) in [6.07, 6.45) is 0.715. The first-order chi connectivity index (χ1) is 10.2. The molecule has 1 heterocycles. The fourth-order valence-corrected chi connectivity index (χ4v) is 2.57. The Bertz CT molecular complexity index is 848. The Kier molecular flexibility index (Phi) is 3.37. The number of nitrogens with zero attached hydrogens (tertiary/aromatic N) is 2. The number of pyridine rings is 1. The van der Waals surface area contributed by atoms with Crippen LogP contribution >= 0.6 is 0 Å². The van der Waals surface area contributed by atoms with Crippen LogP contribution in [0.1, 0.15) is 18.2 Å². The number of nitriles is 1. The number of hydrogen-bond acceptors (Lipinski definition) is 2. The lowest BCUT2D eigenvalue weighted by atomic mass is 9.94. The minimum atomic E-state index is -0.357. The Morgan fingerprint density at radius 3 is 2.57 bits per heavy atom. The largest absolute Gasteiger partial charge is 0.252 e. The molecule has 0 spiro atoms. The van der Waals surface area contributed by atoms with Gasteiger partial charge in [0.1, 0.15) is 11.9 Å². The molecule has 2 nitrogen and oxygen atoms in total. The van der Waals surface area contributed by atoms with Gasteiger partial charge in [0.2, 0.25) is 0 Å². The van der Waals surface area contributed by atoms with Gasteiger partial charge >= 0.3 is 0 Å². The minimum Gasteiger partial charge on any atom is -0.252 e. The summed E-state index contributed by atoms with van der Waals surface area (Å²) in [5.74, 6) is -0.357. The van der Waals surface area contributed by atoms with E-state index in [9.17, 15) is 9.65 Å². The number of hydrogen-bond donors (Lipinski definition) is 0. The molecule has 0 saturated carbocycles. The van der Waals surface area contributed by atoms with E-state index in [0.29, 0.717) is 22.9 Å². The van der Waals surface area contributed by atoms with Crippen LogP contribution in [0.4, 0.5) is 4.39 Å². The van der Waals surface area contributed by atoms with Crippen molar-refractivity contribution in [2.24, 2.45) is 0 Å². The maximum absolute atomic E-state index is 13.5. The molecule has 0 amide bonds. The summed E-state index contributed by atoms with van der Waals surface area (Å²) in [5.41, 5.74) is 3.74. The molecule has 1 aromatic heterocycles. The smallest absolute Gasteiger partial charge is 0.124 e. The van der Waals surface area contributed by atoms with Gasteiger partial charge in [-0.2, -0.15) is 5.26 Å². The van der Waals surface area contributed by atoms with Crippen LogP contribution in [0.5, 0.6) is 0 Å². The lowest BCUT2D eigenvalue weighted by Crippen LogP contribution is -1.99. The van der Waals surface area contributed by atoms with Crippen molar-refractivity contribution >= 4 is 10.9 Å². The van der Waals surface area contributed by atoms with Crippen LogP contribution < -0.4 is 0 Å². The average Bonchev–Trinajstić information content (AvgIpc) is 2.53. The van der Waals surface area contributed by atoms with E-state index in [-0.39, 0.29) is 5.82 Å². The van der Waals surface area contributed by atoms with Crippen molar-refractivity contribution in [3.05, 3.63) is 65.6 Å². The van der Waals surface area contributed by atoms with Crippen molar-refractivity contribution in [3.63, 3.8) is 0 Å². The first kappa shape index (κ1) is 13.3. The molecule has 2 aromatic carbocycles. The van der Waals surface area contributed by atoms with Crippen molar-refractivity contribution in [1.29, 1.82) is 5.26 Å². The third-order valence-corrected chi connectivity index (χ3v) is 3.53. The van der Waals surface area contributed by atoms with Crippen LogP contribution in [-0.2, 0) is 6.42 Å². The molecule has 0 aliphatic rings. The molecule has 102 valence electrons. The number of aryl methyl sites for hydroxylation is 1. The monoisotopic (exact) mass is 276 g/mol. The first-order valence-corrected chi connectivity index (χ1v) is 6.82. The van der Waals surface area contributed by atoms with Crippen LogP contribution in [0.25, 0.3) is 22.0 Å². The van der Waals surface area contributed by atoms with E-state index in [2.05, 4.69) is 11.1 Å². The molecule has 0 bridgehead atoms. The van der Waals surface area contributed by atoms with Gasteiger partial charge in [-0.1, -0.05) is 37.3 Å². The molecule has 0 unspecified atom stereocenters. The Morgan fingerprint density at radius 1 is 1.14 bits per heavy atom. The van der Waals surface area contributed by atoms with Crippen LogP contribution in [0.3, 0.4) is 0 Å². The summed E-state index contributed by atoms with van der Waals surface area (Å²) >= 11 is 0. The highest BCUT2D eigenvalue weighted by atomic mass is 19.1. The van der Waals surface area contributed by atoms with Crippen molar-refractivity contribution < 1.29 is 4.39 Å². The predicted octanol–water partition coefficient (Wildman–Crippen LogP) is 4.47. The molecule has 0 radical (unpaired) electrons. The Morgan fingerprint density at radius 2 is 1.90 bits per heavy atom. The SMILES string of the molecule is CCc1nc2ccc(F)cc2c(C#N)c1-c1ccccc1. The molecule has 0 aliphatic carbocycles. The number of benzene rings is 2. The summed E-state index contributed by atoms with van der Waals surface area (Å²) < 4.78 is 13.5. The topological polar surface area (TPSA) is 36.7 Å². The van der Waals surface area contributed by atoms with Gasteiger partial charge in [0.15, 0.2) is 0 Å². The van der Waals surface area contributed by atoms with E-state index < -0.39 is 0 Å². The van der Waals surface area contributed by atoms with Crippen LogP contribution in [-0.4, -0.2) is 4.98 Å². The number of fused-ring (bicyclic) bond motifs is 1. The molecule has 0 saturated heterocycles. The zero-order chi connectivity index (χ0) is 14.8. The van der Waals surface area contributed by atoms with Crippen molar-refractivity contribution in [1.82, 2.24) is 4.98 Å². The van der Waals surface area contributed by atoms with E-state index in [1.54, 1.807) is 6.07 Å². The highest BCUT2D eigenvalue weighted by molar-refractivity contribution is 5.92. The van der Waals surface area contributed by atoms with E-state index in [0.717, 1.165) is 16.8 Å². The van der Waals surface area contributed by atoms with Gasteiger partial charge in [-0.3, -0.25) is 4.98 Å². The van der Waals surface area contributed by atoms with E-state index in [4.69, 9.17) is 0 Å². The highest BCUT2D eigenvalue weighted by Gasteiger charge is 2.16. The van der Waals surface area contributed by atoms with Gasteiger partial charge in [0.05, 0.1) is 11.1 Å². The maximum atomic E-state index is 13.5. The fourth-order valence-electron chi connectivity index (χ4n) is 2.57. The lowest BCUT2D eigenvalue weighted by molar-refractivity contribution is 0.629. The van der Waals surface area contributed by atoms with Crippen molar-refractivity contribution in [2.75, 3.05) is 0 Å². The summed E-state index contributed by atoms with van der Waals surface area (Å²) in [5, 5.41) is 10.2. The molecule has 3 aromatic rings. The Balaban J connectivity index is 2.45. The van der Waals surface area contributed by atoms with E-state index >= 15 is 0 Å². The Hall–Kier alpha value is -2.73. The molecule has 0 aliphatic heterocycles. The summed E-state index contributed by atoms with van der Waals surface area (Å²) in [6, 6.07) is 16.3. The van der Waals surface area contributed by atoms with E-state index in [1.165, 1.54) is 12.1 Å². The van der Waals surface area contributed by atoms with Gasteiger partial charge in [-0.25, -0.2) is 4.39 Å². The second kappa shape index (κ2) is 5.34. The van der Waals surface area contributed by atoms with Crippen LogP contribution in [0.2, 0.25) is 0 Å². The second-order valence-corrected chi connectivity index (χ2v) is 4.80. The van der Waals surface area contributed by atoms with E-state index in [1.807, 2.05) is 37.3 Å².